The Balaban J connectivity index is 0.00000379. The lowest BCUT2D eigenvalue weighted by Crippen LogP contribution is -2.27. The van der Waals surface area contributed by atoms with Gasteiger partial charge in [0.05, 0.1) is 12.5 Å². The predicted octanol–water partition coefficient (Wildman–Crippen LogP) is 6.91. The highest BCUT2D eigenvalue weighted by Gasteiger charge is 2.34. The molecule has 0 bridgehead atoms. The minimum absolute atomic E-state index is 0.124. The molecule has 1 aliphatic heterocycles. The molecule has 172 valence electrons. The van der Waals surface area contributed by atoms with E-state index in [1.54, 1.807) is 0 Å². The molecule has 1 saturated heterocycles. The first-order valence-corrected chi connectivity index (χ1v) is 12.6. The normalized spacial score (nSPS) is 15.9. The number of nitrogens with zero attached hydrogens (tertiary/aromatic N) is 1. The summed E-state index contributed by atoms with van der Waals surface area (Å²) in [6.45, 7) is 10.3. The van der Waals surface area contributed by atoms with Crippen molar-refractivity contribution in [2.75, 3.05) is 19.7 Å². The third kappa shape index (κ3) is 14.5. The summed E-state index contributed by atoms with van der Waals surface area (Å²) < 4.78 is 5.36. The number of hydrogen-bond donors (Lipinski definition) is 0. The summed E-state index contributed by atoms with van der Waals surface area (Å²) >= 11 is 0. The van der Waals surface area contributed by atoms with E-state index >= 15 is 0 Å². The van der Waals surface area contributed by atoms with Gasteiger partial charge in [-0.2, -0.15) is 0 Å². The molecule has 0 spiro atoms. The average molecular weight is 412 g/mol. The van der Waals surface area contributed by atoms with Gasteiger partial charge in [0.15, 0.2) is 0 Å². The van der Waals surface area contributed by atoms with Crippen LogP contribution in [0.2, 0.25) is 0 Å². The van der Waals surface area contributed by atoms with Gasteiger partial charge in [-0.3, -0.25) is 9.59 Å². The summed E-state index contributed by atoms with van der Waals surface area (Å²) in [5, 5.41) is 0. The molecule has 29 heavy (non-hydrogen) atoms. The molecule has 4 nitrogen and oxygen atoms in total. The quantitative estimate of drug-likeness (QED) is 0.193. The van der Waals surface area contributed by atoms with Crippen LogP contribution in [0.15, 0.2) is 0 Å². The number of likely N-dealkylation sites (tertiary alicyclic amines) is 1. The molecule has 1 heterocycles. The summed E-state index contributed by atoms with van der Waals surface area (Å²) in [5.41, 5.74) is 0. The third-order valence-electron chi connectivity index (χ3n) is 5.57. The first-order valence-electron chi connectivity index (χ1n) is 12.6. The molecular weight excluding hydrogens is 362 g/mol. The number of esters is 1. The van der Waals surface area contributed by atoms with Crippen molar-refractivity contribution >= 4 is 11.9 Å². The maximum Gasteiger partial charge on any atom is 0.311 e. The Labute approximate surface area is 181 Å². The van der Waals surface area contributed by atoms with E-state index in [9.17, 15) is 9.59 Å². The zero-order valence-electron chi connectivity index (χ0n) is 20.0. The van der Waals surface area contributed by atoms with E-state index < -0.39 is 0 Å². The van der Waals surface area contributed by atoms with Crippen LogP contribution >= 0.6 is 0 Å². The molecule has 1 rings (SSSR count). The van der Waals surface area contributed by atoms with E-state index in [1.165, 1.54) is 70.6 Å². The topological polar surface area (TPSA) is 46.6 Å². The van der Waals surface area contributed by atoms with Crippen LogP contribution in [-0.2, 0) is 14.3 Å². The highest BCUT2D eigenvalue weighted by Crippen LogP contribution is 2.20. The lowest BCUT2D eigenvalue weighted by molar-refractivity contribution is -0.148. The molecule has 1 atom stereocenters. The smallest absolute Gasteiger partial charge is 0.311 e. The molecule has 1 aliphatic rings. The van der Waals surface area contributed by atoms with Crippen molar-refractivity contribution in [2.45, 2.75) is 124 Å². The Morgan fingerprint density at radius 2 is 1.31 bits per heavy atom. The van der Waals surface area contributed by atoms with E-state index in [4.69, 9.17) is 4.74 Å². The monoisotopic (exact) mass is 411 g/mol. The molecular formula is C25H49NO3. The lowest BCUT2D eigenvalue weighted by Gasteiger charge is -2.16. The van der Waals surface area contributed by atoms with Gasteiger partial charge >= 0.3 is 5.97 Å². The molecule has 0 N–H and O–H groups in total. The highest BCUT2D eigenvalue weighted by molar-refractivity contribution is 5.86. The van der Waals surface area contributed by atoms with Gasteiger partial charge in [0.1, 0.15) is 0 Å². The van der Waals surface area contributed by atoms with Crippen LogP contribution in [0.25, 0.3) is 0 Å². The minimum atomic E-state index is -0.244. The van der Waals surface area contributed by atoms with Crippen molar-refractivity contribution in [1.82, 2.24) is 4.90 Å². The molecule has 0 radical (unpaired) electrons. The van der Waals surface area contributed by atoms with Crippen molar-refractivity contribution in [2.24, 2.45) is 5.92 Å². The SMILES string of the molecule is CC.CCCCCCCCCCCCN1CC(C(=O)OCCCCCC)CC1=O. The van der Waals surface area contributed by atoms with Gasteiger partial charge in [-0.15, -0.1) is 0 Å². The van der Waals surface area contributed by atoms with Crippen LogP contribution in [-0.4, -0.2) is 36.5 Å². The number of carbonyl (C=O) groups excluding carboxylic acids is 2. The second kappa shape index (κ2) is 20.2. The van der Waals surface area contributed by atoms with Gasteiger partial charge in [0, 0.05) is 19.5 Å². The van der Waals surface area contributed by atoms with Gasteiger partial charge in [-0.25, -0.2) is 0 Å². The van der Waals surface area contributed by atoms with E-state index in [0.717, 1.165) is 25.8 Å². The van der Waals surface area contributed by atoms with Gasteiger partial charge < -0.3 is 9.64 Å². The minimum Gasteiger partial charge on any atom is -0.465 e. The number of rotatable bonds is 17. The number of amides is 1. The average Bonchev–Trinajstić information content (AvgIpc) is 3.11. The second-order valence-corrected chi connectivity index (χ2v) is 8.15. The largest absolute Gasteiger partial charge is 0.465 e. The molecule has 0 aromatic carbocycles. The molecule has 1 amide bonds. The lowest BCUT2D eigenvalue weighted by atomic mass is 10.1. The molecule has 0 aromatic heterocycles. The Hall–Kier alpha value is -1.06. The van der Waals surface area contributed by atoms with Crippen LogP contribution in [0.5, 0.6) is 0 Å². The Morgan fingerprint density at radius 3 is 1.86 bits per heavy atom. The van der Waals surface area contributed by atoms with E-state index in [0.29, 0.717) is 19.6 Å². The first-order chi connectivity index (χ1) is 14.2. The molecule has 0 aromatic rings. The Kier molecular flexibility index (Phi) is 19.5. The molecule has 0 saturated carbocycles. The van der Waals surface area contributed by atoms with Gasteiger partial charge in [0.25, 0.3) is 0 Å². The van der Waals surface area contributed by atoms with Crippen molar-refractivity contribution in [3.8, 4) is 0 Å². The molecule has 1 fully saturated rings. The summed E-state index contributed by atoms with van der Waals surface area (Å²) in [7, 11) is 0. The van der Waals surface area contributed by atoms with Crippen LogP contribution < -0.4 is 0 Å². The van der Waals surface area contributed by atoms with E-state index in [1.807, 2.05) is 18.7 Å². The van der Waals surface area contributed by atoms with Crippen molar-refractivity contribution in [3.05, 3.63) is 0 Å². The van der Waals surface area contributed by atoms with E-state index in [2.05, 4.69) is 13.8 Å². The van der Waals surface area contributed by atoms with Crippen molar-refractivity contribution < 1.29 is 14.3 Å². The molecule has 0 aliphatic carbocycles. The van der Waals surface area contributed by atoms with Gasteiger partial charge in [-0.1, -0.05) is 105 Å². The Morgan fingerprint density at radius 1 is 0.828 bits per heavy atom. The zero-order chi connectivity index (χ0) is 21.7. The van der Waals surface area contributed by atoms with Crippen LogP contribution in [0, 0.1) is 5.92 Å². The summed E-state index contributed by atoms with van der Waals surface area (Å²) in [6, 6.07) is 0. The fourth-order valence-electron chi connectivity index (χ4n) is 3.76. The fourth-order valence-corrected chi connectivity index (χ4v) is 3.76. The fraction of sp³-hybridized carbons (Fsp3) is 0.920. The standard InChI is InChI=1S/C23H43NO3.C2H6/c1-3-5-7-9-10-11-12-13-14-15-17-24-20-21(19-22(24)25)23(26)27-18-16-8-6-4-2;1-2/h21H,3-20H2,1-2H3;1-2H3. The van der Waals surface area contributed by atoms with Crippen LogP contribution in [0.3, 0.4) is 0 Å². The number of carbonyl (C=O) groups is 2. The Bertz CT molecular complexity index is 398. The van der Waals surface area contributed by atoms with Crippen molar-refractivity contribution in [3.63, 3.8) is 0 Å². The number of unbranched alkanes of at least 4 members (excludes halogenated alkanes) is 12. The third-order valence-corrected chi connectivity index (χ3v) is 5.57. The highest BCUT2D eigenvalue weighted by atomic mass is 16.5. The number of hydrogen-bond acceptors (Lipinski definition) is 3. The summed E-state index contributed by atoms with van der Waals surface area (Å²) in [4.78, 5) is 26.1. The van der Waals surface area contributed by atoms with E-state index in [-0.39, 0.29) is 17.8 Å². The molecule has 4 heteroatoms. The zero-order valence-corrected chi connectivity index (χ0v) is 20.0. The maximum absolute atomic E-state index is 12.1. The van der Waals surface area contributed by atoms with Gasteiger partial charge in [0.2, 0.25) is 5.91 Å². The number of ether oxygens (including phenoxy) is 1. The predicted molar refractivity (Wildman–Crippen MR) is 123 cm³/mol. The van der Waals surface area contributed by atoms with Crippen molar-refractivity contribution in [1.29, 1.82) is 0 Å². The maximum atomic E-state index is 12.1. The van der Waals surface area contributed by atoms with Crippen LogP contribution in [0.4, 0.5) is 0 Å². The summed E-state index contributed by atoms with van der Waals surface area (Å²) in [5.74, 6) is -0.295. The van der Waals surface area contributed by atoms with Crippen LogP contribution in [0.1, 0.15) is 124 Å². The second-order valence-electron chi connectivity index (χ2n) is 8.15. The summed E-state index contributed by atoms with van der Waals surface area (Å²) in [6.07, 6.45) is 17.7. The first kappa shape index (κ1) is 27.9. The van der Waals surface area contributed by atoms with Gasteiger partial charge in [-0.05, 0) is 12.8 Å². The molecule has 1 unspecified atom stereocenters.